The van der Waals surface area contributed by atoms with Crippen molar-refractivity contribution in [3.05, 3.63) is 101 Å². The summed E-state index contributed by atoms with van der Waals surface area (Å²) in [4.78, 5) is 25.1. The van der Waals surface area contributed by atoms with E-state index in [1.165, 1.54) is 12.1 Å². The first-order valence-electron chi connectivity index (χ1n) is 10.6. The van der Waals surface area contributed by atoms with E-state index in [0.29, 0.717) is 36.6 Å². The lowest BCUT2D eigenvalue weighted by atomic mass is 9.74. The van der Waals surface area contributed by atoms with Crippen molar-refractivity contribution in [3.63, 3.8) is 0 Å². The Labute approximate surface area is 186 Å². The molecule has 1 heterocycles. The van der Waals surface area contributed by atoms with Gasteiger partial charge in [-0.05, 0) is 66.9 Å². The third-order valence-electron chi connectivity index (χ3n) is 5.93. The molecule has 0 aliphatic carbocycles. The maximum atomic E-state index is 13.4. The molecule has 1 saturated heterocycles. The van der Waals surface area contributed by atoms with Gasteiger partial charge in [0.25, 0.3) is 11.8 Å². The van der Waals surface area contributed by atoms with Gasteiger partial charge in [0.2, 0.25) is 0 Å². The lowest BCUT2D eigenvalue weighted by Gasteiger charge is -2.38. The standard InChI is InChI=1S/C26H25FN2O3/c27-22-10-8-21(9-11-22)26(14-16-32-17-15-26)18-28-24(30)20-6-12-23(13-7-20)29-25(31)19-4-2-1-3-5-19/h1-13H,14-18H2,(H,28,30)(H,29,31). The first-order valence-corrected chi connectivity index (χ1v) is 10.6. The smallest absolute Gasteiger partial charge is 0.255 e. The maximum absolute atomic E-state index is 13.4. The minimum atomic E-state index is -0.286. The van der Waals surface area contributed by atoms with Gasteiger partial charge in [-0.25, -0.2) is 4.39 Å². The molecule has 32 heavy (non-hydrogen) atoms. The number of nitrogens with one attached hydrogen (secondary N) is 2. The number of anilines is 1. The average molecular weight is 432 g/mol. The van der Waals surface area contributed by atoms with Crippen LogP contribution in [0.25, 0.3) is 0 Å². The van der Waals surface area contributed by atoms with Gasteiger partial charge >= 0.3 is 0 Å². The van der Waals surface area contributed by atoms with Crippen LogP contribution in [0.4, 0.5) is 10.1 Å². The van der Waals surface area contributed by atoms with Gasteiger partial charge in [-0.1, -0.05) is 30.3 Å². The van der Waals surface area contributed by atoms with Crippen LogP contribution < -0.4 is 10.6 Å². The molecule has 0 radical (unpaired) electrons. The Morgan fingerprint density at radius 1 is 0.812 bits per heavy atom. The molecule has 0 spiro atoms. The Hall–Kier alpha value is -3.51. The minimum Gasteiger partial charge on any atom is -0.381 e. The Morgan fingerprint density at radius 3 is 2.09 bits per heavy atom. The van der Waals surface area contributed by atoms with Crippen molar-refractivity contribution in [1.82, 2.24) is 5.32 Å². The van der Waals surface area contributed by atoms with E-state index >= 15 is 0 Å². The third kappa shape index (κ3) is 5.03. The monoisotopic (exact) mass is 432 g/mol. The van der Waals surface area contributed by atoms with E-state index in [9.17, 15) is 14.0 Å². The fourth-order valence-corrected chi connectivity index (χ4v) is 3.98. The van der Waals surface area contributed by atoms with E-state index in [-0.39, 0.29) is 23.0 Å². The zero-order valence-corrected chi connectivity index (χ0v) is 17.6. The fraction of sp³-hybridized carbons (Fsp3) is 0.231. The summed E-state index contributed by atoms with van der Waals surface area (Å²) in [6.45, 7) is 1.64. The van der Waals surface area contributed by atoms with Gasteiger partial charge in [-0.2, -0.15) is 0 Å². The summed E-state index contributed by atoms with van der Waals surface area (Å²) in [5.74, 6) is -0.679. The molecule has 6 heteroatoms. The summed E-state index contributed by atoms with van der Waals surface area (Å²) < 4.78 is 18.9. The van der Waals surface area contributed by atoms with Crippen molar-refractivity contribution < 1.29 is 18.7 Å². The van der Waals surface area contributed by atoms with E-state index in [1.807, 2.05) is 6.07 Å². The van der Waals surface area contributed by atoms with Crippen LogP contribution in [0.2, 0.25) is 0 Å². The van der Waals surface area contributed by atoms with Crippen LogP contribution in [0.15, 0.2) is 78.9 Å². The highest BCUT2D eigenvalue weighted by molar-refractivity contribution is 6.04. The zero-order chi connectivity index (χ0) is 22.4. The molecule has 3 aromatic rings. The Balaban J connectivity index is 1.40. The molecule has 0 saturated carbocycles. The predicted molar refractivity (Wildman–Crippen MR) is 121 cm³/mol. The SMILES string of the molecule is O=C(NCC1(c2ccc(F)cc2)CCOCC1)c1ccc(NC(=O)c2ccccc2)cc1. The second-order valence-electron chi connectivity index (χ2n) is 7.98. The van der Waals surface area contributed by atoms with Gasteiger partial charge in [-0.3, -0.25) is 9.59 Å². The summed E-state index contributed by atoms with van der Waals surface area (Å²) >= 11 is 0. The molecule has 2 N–H and O–H groups in total. The van der Waals surface area contributed by atoms with E-state index in [2.05, 4.69) is 10.6 Å². The second-order valence-corrected chi connectivity index (χ2v) is 7.98. The van der Waals surface area contributed by atoms with Crippen LogP contribution in [0.1, 0.15) is 39.1 Å². The molecule has 0 unspecified atom stereocenters. The number of halogens is 1. The molecular weight excluding hydrogens is 407 g/mol. The van der Waals surface area contributed by atoms with Gasteiger partial charge in [0, 0.05) is 42.0 Å². The fourth-order valence-electron chi connectivity index (χ4n) is 3.98. The highest BCUT2D eigenvalue weighted by atomic mass is 19.1. The van der Waals surface area contributed by atoms with Gasteiger partial charge in [0.15, 0.2) is 0 Å². The number of amides is 2. The number of carbonyl (C=O) groups is 2. The number of hydrogen-bond acceptors (Lipinski definition) is 3. The van der Waals surface area contributed by atoms with Crippen molar-refractivity contribution in [2.75, 3.05) is 25.1 Å². The quantitative estimate of drug-likeness (QED) is 0.600. The molecule has 0 atom stereocenters. The normalized spacial score (nSPS) is 15.0. The predicted octanol–water partition coefficient (Wildman–Crippen LogP) is 4.56. The van der Waals surface area contributed by atoms with Crippen molar-refractivity contribution >= 4 is 17.5 Å². The minimum absolute atomic E-state index is 0.195. The van der Waals surface area contributed by atoms with Crippen molar-refractivity contribution in [2.45, 2.75) is 18.3 Å². The average Bonchev–Trinajstić information content (AvgIpc) is 2.84. The molecule has 0 aromatic heterocycles. The van der Waals surface area contributed by atoms with Crippen LogP contribution in [0.5, 0.6) is 0 Å². The van der Waals surface area contributed by atoms with E-state index < -0.39 is 0 Å². The Morgan fingerprint density at radius 2 is 1.44 bits per heavy atom. The topological polar surface area (TPSA) is 67.4 Å². The maximum Gasteiger partial charge on any atom is 0.255 e. The number of hydrogen-bond donors (Lipinski definition) is 2. The Kier molecular flexibility index (Phi) is 6.61. The van der Waals surface area contributed by atoms with Gasteiger partial charge < -0.3 is 15.4 Å². The Bertz CT molecular complexity index is 1060. The second kappa shape index (κ2) is 9.75. The van der Waals surface area contributed by atoms with Crippen molar-refractivity contribution in [3.8, 4) is 0 Å². The number of rotatable bonds is 6. The molecule has 4 rings (SSSR count). The lowest BCUT2D eigenvalue weighted by Crippen LogP contribution is -2.44. The molecule has 3 aromatic carbocycles. The van der Waals surface area contributed by atoms with Gasteiger partial charge in [0.05, 0.1) is 0 Å². The van der Waals surface area contributed by atoms with E-state index in [1.54, 1.807) is 60.7 Å². The van der Waals surface area contributed by atoms with Crippen LogP contribution in [-0.2, 0) is 10.2 Å². The summed E-state index contributed by atoms with van der Waals surface area (Å²) in [5.41, 5.74) is 2.40. The molecule has 0 bridgehead atoms. The number of benzene rings is 3. The van der Waals surface area contributed by atoms with Crippen molar-refractivity contribution in [1.29, 1.82) is 0 Å². The van der Waals surface area contributed by atoms with Crippen LogP contribution >= 0.6 is 0 Å². The molecule has 1 fully saturated rings. The molecular formula is C26H25FN2O3. The summed E-state index contributed by atoms with van der Waals surface area (Å²) in [6, 6.07) is 22.2. The molecule has 1 aliphatic heterocycles. The van der Waals surface area contributed by atoms with Gasteiger partial charge in [0.1, 0.15) is 5.82 Å². The van der Waals surface area contributed by atoms with Gasteiger partial charge in [-0.15, -0.1) is 0 Å². The van der Waals surface area contributed by atoms with Crippen LogP contribution in [-0.4, -0.2) is 31.6 Å². The van der Waals surface area contributed by atoms with Crippen LogP contribution in [0, 0.1) is 5.82 Å². The molecule has 2 amide bonds. The lowest BCUT2D eigenvalue weighted by molar-refractivity contribution is 0.0487. The summed E-state index contributed by atoms with van der Waals surface area (Å²) in [7, 11) is 0. The highest BCUT2D eigenvalue weighted by Gasteiger charge is 2.35. The van der Waals surface area contributed by atoms with E-state index in [4.69, 9.17) is 4.74 Å². The first kappa shape index (κ1) is 21.7. The summed E-state index contributed by atoms with van der Waals surface area (Å²) in [6.07, 6.45) is 1.51. The molecule has 5 nitrogen and oxygen atoms in total. The van der Waals surface area contributed by atoms with E-state index in [0.717, 1.165) is 18.4 Å². The number of carbonyl (C=O) groups excluding carboxylic acids is 2. The van der Waals surface area contributed by atoms with Crippen molar-refractivity contribution in [2.24, 2.45) is 0 Å². The first-order chi connectivity index (χ1) is 15.6. The third-order valence-corrected chi connectivity index (χ3v) is 5.93. The molecule has 164 valence electrons. The highest BCUT2D eigenvalue weighted by Crippen LogP contribution is 2.34. The number of ether oxygens (including phenoxy) is 1. The summed E-state index contributed by atoms with van der Waals surface area (Å²) in [5, 5.41) is 5.86. The van der Waals surface area contributed by atoms with Crippen LogP contribution in [0.3, 0.4) is 0 Å². The molecule has 1 aliphatic rings. The zero-order valence-electron chi connectivity index (χ0n) is 17.6. The largest absolute Gasteiger partial charge is 0.381 e.